The van der Waals surface area contributed by atoms with Crippen LogP contribution in [0.15, 0.2) is 57.6 Å². The molecule has 0 saturated carbocycles. The number of para-hydroxylation sites is 1. The summed E-state index contributed by atoms with van der Waals surface area (Å²) in [4.78, 5) is 22.6. The Labute approximate surface area is 225 Å². The summed E-state index contributed by atoms with van der Waals surface area (Å²) in [5.74, 6) is 1.82. The fourth-order valence-electron chi connectivity index (χ4n) is 6.04. The highest BCUT2D eigenvalue weighted by Crippen LogP contribution is 2.59. The van der Waals surface area contributed by atoms with Gasteiger partial charge in [-0.05, 0) is 42.0 Å². The lowest BCUT2D eigenvalue weighted by Gasteiger charge is -2.27. The van der Waals surface area contributed by atoms with Crippen LogP contribution in [0.3, 0.4) is 0 Å². The Balaban J connectivity index is 1.55. The number of fused-ring (bicyclic) bond motifs is 4. The Bertz CT molecular complexity index is 1590. The predicted octanol–water partition coefficient (Wildman–Crippen LogP) is 5.01. The van der Waals surface area contributed by atoms with E-state index in [2.05, 4.69) is 27.8 Å². The number of anilines is 1. The highest BCUT2D eigenvalue weighted by atomic mass is 16.5. The number of oxazole rings is 2. The highest BCUT2D eigenvalue weighted by Gasteiger charge is 2.61. The normalized spacial score (nSPS) is 23.7. The molecule has 3 N–H and O–H groups in total. The summed E-state index contributed by atoms with van der Waals surface area (Å²) >= 11 is 0. The van der Waals surface area contributed by atoms with Crippen molar-refractivity contribution < 1.29 is 23.5 Å². The number of benzene rings is 2. The average Bonchev–Trinajstić information content (AvgIpc) is 3.70. The number of hydrogen-bond acceptors (Lipinski definition) is 8. The van der Waals surface area contributed by atoms with E-state index in [-0.39, 0.29) is 17.7 Å². The number of hydrogen-bond donors (Lipinski definition) is 3. The molecule has 1 spiro atoms. The minimum Gasteiger partial charge on any atom is -0.469 e. The molecule has 2 aromatic heterocycles. The molecule has 39 heavy (non-hydrogen) atoms. The van der Waals surface area contributed by atoms with Gasteiger partial charge >= 0.3 is 0 Å². The van der Waals surface area contributed by atoms with E-state index in [1.165, 1.54) is 6.26 Å². The van der Waals surface area contributed by atoms with Crippen LogP contribution in [0, 0.1) is 5.92 Å². The maximum atomic E-state index is 13.0. The van der Waals surface area contributed by atoms with E-state index in [0.29, 0.717) is 42.3 Å². The first-order valence-electron chi connectivity index (χ1n) is 13.5. The first kappa shape index (κ1) is 24.0. The van der Waals surface area contributed by atoms with Crippen LogP contribution in [-0.4, -0.2) is 27.2 Å². The monoisotopic (exact) mass is 526 g/mol. The third kappa shape index (κ3) is 3.45. The van der Waals surface area contributed by atoms with Gasteiger partial charge in [-0.1, -0.05) is 51.1 Å². The highest BCUT2D eigenvalue weighted by molar-refractivity contribution is 5.78. The topological polar surface area (TPSA) is 123 Å². The summed E-state index contributed by atoms with van der Waals surface area (Å²) in [6, 6.07) is 13.7. The van der Waals surface area contributed by atoms with Crippen molar-refractivity contribution in [1.82, 2.24) is 15.3 Å². The van der Waals surface area contributed by atoms with Gasteiger partial charge in [0.1, 0.15) is 29.2 Å². The van der Waals surface area contributed by atoms with Gasteiger partial charge < -0.3 is 29.3 Å². The number of carbonyl (C=O) groups excluding carboxylic acids is 1. The molecule has 9 nitrogen and oxygen atoms in total. The molecule has 4 aromatic rings. The molecule has 3 aliphatic heterocycles. The number of amides is 1. The van der Waals surface area contributed by atoms with Gasteiger partial charge in [0, 0.05) is 17.7 Å². The molecule has 4 atom stereocenters. The Morgan fingerprint density at radius 2 is 1.95 bits per heavy atom. The second kappa shape index (κ2) is 8.71. The molecular formula is C30H30N4O5. The van der Waals surface area contributed by atoms with E-state index in [9.17, 15) is 9.90 Å². The van der Waals surface area contributed by atoms with Crippen molar-refractivity contribution in [3.8, 4) is 17.3 Å². The molecule has 0 aliphatic carbocycles. The van der Waals surface area contributed by atoms with Crippen molar-refractivity contribution in [3.05, 3.63) is 82.8 Å². The van der Waals surface area contributed by atoms with Crippen LogP contribution in [0.1, 0.15) is 79.8 Å². The molecule has 200 valence electrons. The summed E-state index contributed by atoms with van der Waals surface area (Å²) in [7, 11) is 0. The zero-order chi connectivity index (χ0) is 26.9. The fraction of sp³-hybridized carbons (Fsp3) is 0.367. The quantitative estimate of drug-likeness (QED) is 0.339. The SMILES string of the molecule is CCC(O)c1coc(-c2nc3oc2C24c5ccccc5NC2Oc2ccc(cc24)CCC(=O)NC3C(C)C)n1. The number of aryl methyl sites for hydroxylation is 1. The summed E-state index contributed by atoms with van der Waals surface area (Å²) in [5.41, 5.74) is 3.88. The summed E-state index contributed by atoms with van der Waals surface area (Å²) in [5, 5.41) is 17.1. The van der Waals surface area contributed by atoms with Gasteiger partial charge in [-0.25, -0.2) is 9.97 Å². The number of aliphatic hydroxyl groups excluding tert-OH is 1. The van der Waals surface area contributed by atoms with Crippen LogP contribution in [0.2, 0.25) is 0 Å². The van der Waals surface area contributed by atoms with Crippen LogP contribution in [-0.2, 0) is 16.6 Å². The Morgan fingerprint density at radius 3 is 2.77 bits per heavy atom. The van der Waals surface area contributed by atoms with Crippen molar-refractivity contribution in [2.24, 2.45) is 5.92 Å². The van der Waals surface area contributed by atoms with E-state index in [4.69, 9.17) is 18.6 Å². The number of aliphatic hydroxyl groups is 1. The second-order valence-electron chi connectivity index (χ2n) is 10.8. The first-order valence-corrected chi connectivity index (χ1v) is 13.5. The summed E-state index contributed by atoms with van der Waals surface area (Å²) in [6.07, 6.45) is 1.64. The van der Waals surface area contributed by atoms with Crippen LogP contribution in [0.25, 0.3) is 11.6 Å². The van der Waals surface area contributed by atoms with Gasteiger partial charge in [-0.15, -0.1) is 0 Å². The smallest absolute Gasteiger partial charge is 0.249 e. The minimum absolute atomic E-state index is 0.00813. The van der Waals surface area contributed by atoms with Crippen molar-refractivity contribution in [3.63, 3.8) is 0 Å². The van der Waals surface area contributed by atoms with Crippen LogP contribution in [0.5, 0.6) is 5.75 Å². The molecule has 0 radical (unpaired) electrons. The van der Waals surface area contributed by atoms with E-state index in [1.807, 2.05) is 51.1 Å². The van der Waals surface area contributed by atoms with E-state index >= 15 is 0 Å². The van der Waals surface area contributed by atoms with E-state index in [0.717, 1.165) is 28.1 Å². The first-order chi connectivity index (χ1) is 18.9. The Hall–Kier alpha value is -4.11. The fourth-order valence-corrected chi connectivity index (χ4v) is 6.04. The third-order valence-electron chi connectivity index (χ3n) is 8.09. The maximum Gasteiger partial charge on any atom is 0.249 e. The molecular weight excluding hydrogens is 496 g/mol. The minimum atomic E-state index is -0.884. The lowest BCUT2D eigenvalue weighted by molar-refractivity contribution is -0.122. The van der Waals surface area contributed by atoms with Gasteiger partial charge in [-0.3, -0.25) is 4.79 Å². The van der Waals surface area contributed by atoms with Crippen molar-refractivity contribution in [2.75, 3.05) is 5.32 Å². The van der Waals surface area contributed by atoms with Gasteiger partial charge in [0.2, 0.25) is 17.7 Å². The van der Waals surface area contributed by atoms with Crippen LogP contribution < -0.4 is 15.4 Å². The summed E-state index contributed by atoms with van der Waals surface area (Å²) < 4.78 is 19.2. The molecule has 0 saturated heterocycles. The number of carbonyl (C=O) groups is 1. The number of ether oxygens (including phenoxy) is 1. The molecule has 0 fully saturated rings. The largest absolute Gasteiger partial charge is 0.469 e. The summed E-state index contributed by atoms with van der Waals surface area (Å²) in [6.45, 7) is 5.92. The molecule has 4 bridgehead atoms. The van der Waals surface area contributed by atoms with Crippen molar-refractivity contribution >= 4 is 11.6 Å². The Kier molecular flexibility index (Phi) is 5.35. The molecule has 3 aliphatic rings. The third-order valence-corrected chi connectivity index (χ3v) is 8.09. The van der Waals surface area contributed by atoms with E-state index in [1.54, 1.807) is 0 Å². The molecule has 7 rings (SSSR count). The number of rotatable bonds is 4. The molecule has 5 heterocycles. The number of nitrogens with zero attached hydrogens (tertiary/aromatic N) is 2. The Morgan fingerprint density at radius 1 is 1.10 bits per heavy atom. The lowest BCUT2D eigenvalue weighted by Crippen LogP contribution is -2.40. The van der Waals surface area contributed by atoms with Gasteiger partial charge in [-0.2, -0.15) is 0 Å². The maximum absolute atomic E-state index is 13.0. The molecule has 9 heteroatoms. The van der Waals surface area contributed by atoms with E-state index < -0.39 is 23.8 Å². The van der Waals surface area contributed by atoms with Crippen molar-refractivity contribution in [1.29, 1.82) is 0 Å². The standard InChI is InChI=1S/C30H30N4O5/c1-4-21(35)20-14-37-27(31-20)25-26-30-17-7-5-6-8-19(17)32-29(30)38-22-11-9-16(13-18(22)30)10-12-23(36)33-24(15(2)3)28(34-25)39-26/h5-9,11,13-15,21,24,29,32,35H,4,10,12H2,1-3H3,(H,33,36). The van der Waals surface area contributed by atoms with Crippen molar-refractivity contribution in [2.45, 2.75) is 63.8 Å². The van der Waals surface area contributed by atoms with Crippen LogP contribution in [0.4, 0.5) is 5.69 Å². The van der Waals surface area contributed by atoms with Crippen LogP contribution >= 0.6 is 0 Å². The molecule has 1 amide bonds. The van der Waals surface area contributed by atoms with Gasteiger partial charge in [0.05, 0.1) is 6.10 Å². The predicted molar refractivity (Wildman–Crippen MR) is 142 cm³/mol. The molecule has 4 unspecified atom stereocenters. The number of aromatic nitrogens is 2. The van der Waals surface area contributed by atoms with Gasteiger partial charge in [0.25, 0.3) is 0 Å². The second-order valence-corrected chi connectivity index (χ2v) is 10.8. The average molecular weight is 527 g/mol. The zero-order valence-corrected chi connectivity index (χ0v) is 22.0. The lowest BCUT2D eigenvalue weighted by atomic mass is 9.72. The van der Waals surface area contributed by atoms with Gasteiger partial charge in [0.15, 0.2) is 17.7 Å². The number of nitrogens with one attached hydrogen (secondary N) is 2. The zero-order valence-electron chi connectivity index (χ0n) is 22.0. The molecule has 2 aromatic carbocycles.